The van der Waals surface area contributed by atoms with Crippen LogP contribution >= 0.6 is 0 Å². The third-order valence-electron chi connectivity index (χ3n) is 2.08. The van der Waals surface area contributed by atoms with Gasteiger partial charge in [0, 0.05) is 0 Å². The predicted molar refractivity (Wildman–Crippen MR) is 66.2 cm³/mol. The SMILES string of the molecule is C=CCOC(=O)NC(C(=O)O)C(O)CC(C)(C)C. The van der Waals surface area contributed by atoms with Gasteiger partial charge in [-0.3, -0.25) is 0 Å². The summed E-state index contributed by atoms with van der Waals surface area (Å²) in [6.45, 7) is 8.94. The summed E-state index contributed by atoms with van der Waals surface area (Å²) in [6.07, 6.45) is -0.471. The number of ether oxygens (including phenoxy) is 1. The highest BCUT2D eigenvalue weighted by Gasteiger charge is 2.31. The summed E-state index contributed by atoms with van der Waals surface area (Å²) in [5.74, 6) is -1.30. The van der Waals surface area contributed by atoms with Crippen molar-refractivity contribution in [2.24, 2.45) is 5.41 Å². The third kappa shape index (κ3) is 6.90. The van der Waals surface area contributed by atoms with Gasteiger partial charge in [0.1, 0.15) is 6.61 Å². The number of alkyl carbamates (subject to hydrolysis) is 1. The average Bonchev–Trinajstić information content (AvgIpc) is 2.19. The molecule has 0 aliphatic carbocycles. The van der Waals surface area contributed by atoms with E-state index in [1.807, 2.05) is 20.8 Å². The third-order valence-corrected chi connectivity index (χ3v) is 2.08. The van der Waals surface area contributed by atoms with Gasteiger partial charge in [0.25, 0.3) is 0 Å². The van der Waals surface area contributed by atoms with Gasteiger partial charge >= 0.3 is 12.1 Å². The van der Waals surface area contributed by atoms with Gasteiger partial charge in [-0.2, -0.15) is 0 Å². The van der Waals surface area contributed by atoms with E-state index in [-0.39, 0.29) is 18.4 Å². The second-order valence-corrected chi connectivity index (χ2v) is 5.18. The highest BCUT2D eigenvalue weighted by Crippen LogP contribution is 2.22. The molecular weight excluding hydrogens is 238 g/mol. The fourth-order valence-corrected chi connectivity index (χ4v) is 1.37. The highest BCUT2D eigenvalue weighted by atomic mass is 16.5. The largest absolute Gasteiger partial charge is 0.480 e. The van der Waals surface area contributed by atoms with Crippen LogP contribution in [0.25, 0.3) is 0 Å². The lowest BCUT2D eigenvalue weighted by Gasteiger charge is -2.26. The molecule has 0 bridgehead atoms. The molecule has 0 radical (unpaired) electrons. The van der Waals surface area contributed by atoms with E-state index < -0.39 is 24.2 Å². The van der Waals surface area contributed by atoms with Crippen LogP contribution in [0.1, 0.15) is 27.2 Å². The number of carboxylic acid groups (broad SMARTS) is 1. The van der Waals surface area contributed by atoms with E-state index in [1.165, 1.54) is 6.08 Å². The van der Waals surface area contributed by atoms with Crippen LogP contribution in [-0.2, 0) is 9.53 Å². The molecule has 6 heteroatoms. The van der Waals surface area contributed by atoms with Crippen molar-refractivity contribution in [3.63, 3.8) is 0 Å². The van der Waals surface area contributed by atoms with E-state index in [0.717, 1.165) is 0 Å². The van der Waals surface area contributed by atoms with Crippen molar-refractivity contribution in [3.05, 3.63) is 12.7 Å². The molecule has 2 atom stereocenters. The molecule has 0 aromatic heterocycles. The Labute approximate surface area is 107 Å². The van der Waals surface area contributed by atoms with Gasteiger partial charge in [0.15, 0.2) is 6.04 Å². The van der Waals surface area contributed by atoms with Crippen molar-refractivity contribution in [1.82, 2.24) is 5.32 Å². The normalized spacial score (nSPS) is 14.4. The number of nitrogens with one attached hydrogen (secondary N) is 1. The van der Waals surface area contributed by atoms with Gasteiger partial charge in [-0.25, -0.2) is 9.59 Å². The zero-order valence-electron chi connectivity index (χ0n) is 11.0. The van der Waals surface area contributed by atoms with Gasteiger partial charge < -0.3 is 20.3 Å². The molecule has 0 aromatic carbocycles. The summed E-state index contributed by atoms with van der Waals surface area (Å²) in [4.78, 5) is 22.2. The van der Waals surface area contributed by atoms with E-state index in [4.69, 9.17) is 5.11 Å². The Morgan fingerprint density at radius 3 is 2.39 bits per heavy atom. The Bertz CT molecular complexity index is 308. The zero-order chi connectivity index (χ0) is 14.3. The molecule has 6 nitrogen and oxygen atoms in total. The van der Waals surface area contributed by atoms with Gasteiger partial charge in [-0.1, -0.05) is 33.4 Å². The summed E-state index contributed by atoms with van der Waals surface area (Å²) in [7, 11) is 0. The summed E-state index contributed by atoms with van der Waals surface area (Å²) >= 11 is 0. The Balaban J connectivity index is 4.52. The monoisotopic (exact) mass is 259 g/mol. The van der Waals surface area contributed by atoms with Crippen LogP contribution in [0.2, 0.25) is 0 Å². The highest BCUT2D eigenvalue weighted by molar-refractivity contribution is 5.80. The maximum absolute atomic E-state index is 11.2. The number of hydrogen-bond acceptors (Lipinski definition) is 4. The van der Waals surface area contributed by atoms with Crippen LogP contribution in [0.4, 0.5) is 4.79 Å². The standard InChI is InChI=1S/C12H21NO5/c1-5-6-18-11(17)13-9(10(15)16)8(14)7-12(2,3)4/h5,8-9,14H,1,6-7H2,2-4H3,(H,13,17)(H,15,16). The van der Waals surface area contributed by atoms with E-state index in [0.29, 0.717) is 0 Å². The number of hydrogen-bond donors (Lipinski definition) is 3. The zero-order valence-corrected chi connectivity index (χ0v) is 11.0. The first-order valence-electron chi connectivity index (χ1n) is 5.62. The lowest BCUT2D eigenvalue weighted by atomic mass is 9.87. The summed E-state index contributed by atoms with van der Waals surface area (Å²) < 4.78 is 4.61. The molecule has 0 saturated heterocycles. The quantitative estimate of drug-likeness (QED) is 0.622. The lowest BCUT2D eigenvalue weighted by molar-refractivity contribution is -0.142. The van der Waals surface area contributed by atoms with Gasteiger partial charge in [0.05, 0.1) is 6.10 Å². The Hall–Kier alpha value is -1.56. The van der Waals surface area contributed by atoms with Crippen molar-refractivity contribution in [2.45, 2.75) is 39.3 Å². The van der Waals surface area contributed by atoms with Crippen LogP contribution in [0, 0.1) is 5.41 Å². The predicted octanol–water partition coefficient (Wildman–Crippen LogP) is 1.15. The fourth-order valence-electron chi connectivity index (χ4n) is 1.37. The van der Waals surface area contributed by atoms with Crippen molar-refractivity contribution >= 4 is 12.1 Å². The fraction of sp³-hybridized carbons (Fsp3) is 0.667. The van der Waals surface area contributed by atoms with Crippen molar-refractivity contribution in [1.29, 1.82) is 0 Å². The average molecular weight is 259 g/mol. The first-order valence-corrected chi connectivity index (χ1v) is 5.62. The topological polar surface area (TPSA) is 95.9 Å². The molecule has 0 fully saturated rings. The molecule has 0 spiro atoms. The Kier molecular flexibility index (Phi) is 6.40. The summed E-state index contributed by atoms with van der Waals surface area (Å²) in [5.41, 5.74) is -0.250. The van der Waals surface area contributed by atoms with Gasteiger partial charge in [-0.15, -0.1) is 0 Å². The molecule has 0 saturated carbocycles. The molecule has 2 unspecified atom stereocenters. The molecule has 0 aliphatic rings. The number of aliphatic hydroxyl groups is 1. The minimum absolute atomic E-state index is 0.0203. The molecule has 18 heavy (non-hydrogen) atoms. The number of rotatable bonds is 6. The van der Waals surface area contributed by atoms with E-state index >= 15 is 0 Å². The molecule has 0 rings (SSSR count). The van der Waals surface area contributed by atoms with E-state index in [1.54, 1.807) is 0 Å². The van der Waals surface area contributed by atoms with Gasteiger partial charge in [0.2, 0.25) is 0 Å². The summed E-state index contributed by atoms with van der Waals surface area (Å²) in [5, 5.41) is 20.9. The number of aliphatic carboxylic acids is 1. The maximum atomic E-state index is 11.2. The van der Waals surface area contributed by atoms with Crippen molar-refractivity contribution in [2.75, 3.05) is 6.61 Å². The minimum Gasteiger partial charge on any atom is -0.480 e. The Morgan fingerprint density at radius 1 is 1.44 bits per heavy atom. The van der Waals surface area contributed by atoms with E-state index in [9.17, 15) is 14.7 Å². The number of aliphatic hydroxyl groups excluding tert-OH is 1. The van der Waals surface area contributed by atoms with Crippen molar-refractivity contribution in [3.8, 4) is 0 Å². The molecule has 3 N–H and O–H groups in total. The number of amides is 1. The van der Waals surface area contributed by atoms with Gasteiger partial charge in [-0.05, 0) is 11.8 Å². The molecule has 1 amide bonds. The maximum Gasteiger partial charge on any atom is 0.408 e. The Morgan fingerprint density at radius 2 is 2.00 bits per heavy atom. The van der Waals surface area contributed by atoms with E-state index in [2.05, 4.69) is 16.6 Å². The second-order valence-electron chi connectivity index (χ2n) is 5.18. The minimum atomic E-state index is -1.39. The summed E-state index contributed by atoms with van der Waals surface area (Å²) in [6, 6.07) is -1.39. The smallest absolute Gasteiger partial charge is 0.408 e. The molecule has 0 aromatic rings. The van der Waals surface area contributed by atoms with Crippen LogP contribution < -0.4 is 5.32 Å². The lowest BCUT2D eigenvalue weighted by Crippen LogP contribution is -2.49. The molecule has 104 valence electrons. The van der Waals surface area contributed by atoms with Crippen molar-refractivity contribution < 1.29 is 24.5 Å². The number of carboxylic acids is 1. The number of carbonyl (C=O) groups is 2. The van der Waals surface area contributed by atoms with Crippen LogP contribution in [0.3, 0.4) is 0 Å². The van der Waals surface area contributed by atoms with Crippen LogP contribution in [0.15, 0.2) is 12.7 Å². The second kappa shape index (κ2) is 7.00. The first-order chi connectivity index (χ1) is 8.17. The molecule has 0 heterocycles. The first kappa shape index (κ1) is 16.4. The molecular formula is C12H21NO5. The van der Waals surface area contributed by atoms with Crippen LogP contribution in [-0.4, -0.2) is 41.0 Å². The molecule has 0 aliphatic heterocycles. The number of carbonyl (C=O) groups excluding carboxylic acids is 1. The van der Waals surface area contributed by atoms with Crippen LogP contribution in [0.5, 0.6) is 0 Å².